The third-order valence-electron chi connectivity index (χ3n) is 5.21. The number of benzene rings is 3. The molecule has 1 aromatic heterocycles. The molecule has 0 radical (unpaired) electrons. The van der Waals surface area contributed by atoms with Crippen LogP contribution < -0.4 is 10.3 Å². The molecule has 9 nitrogen and oxygen atoms in total. The van der Waals surface area contributed by atoms with E-state index in [1.165, 1.54) is 12.1 Å². The molecule has 0 aliphatic heterocycles. The Kier molecular flexibility index (Phi) is 6.16. The number of sulfonamides is 1. The predicted molar refractivity (Wildman–Crippen MR) is 127 cm³/mol. The maximum atomic E-state index is 13.2. The van der Waals surface area contributed by atoms with Crippen LogP contribution in [0.15, 0.2) is 70.4 Å². The lowest BCUT2D eigenvalue weighted by molar-refractivity contribution is 0.0337. The standard InChI is InChI=1S/C24H22N4O5S/c1-15-12-16(2)22(17(3)13-15)34(31,32)26-21-11-7-5-9-19(21)24(30)33-14-28-23(29)18-8-4-6-10-20(18)25-27-28/h4-13,26H,14H2,1-3H3. The van der Waals surface area contributed by atoms with Gasteiger partial charge in [-0.05, 0) is 56.2 Å². The van der Waals surface area contributed by atoms with Crippen molar-refractivity contribution in [2.24, 2.45) is 0 Å². The monoisotopic (exact) mass is 478 g/mol. The average Bonchev–Trinajstić information content (AvgIpc) is 2.78. The van der Waals surface area contributed by atoms with Crippen molar-refractivity contribution in [3.63, 3.8) is 0 Å². The number of aryl methyl sites for hydroxylation is 3. The summed E-state index contributed by atoms with van der Waals surface area (Å²) in [4.78, 5) is 25.5. The van der Waals surface area contributed by atoms with E-state index in [0.29, 0.717) is 22.0 Å². The van der Waals surface area contributed by atoms with E-state index in [-0.39, 0.29) is 16.1 Å². The van der Waals surface area contributed by atoms with Crippen molar-refractivity contribution in [3.05, 3.63) is 93.3 Å². The lowest BCUT2D eigenvalue weighted by Gasteiger charge is -2.16. The van der Waals surface area contributed by atoms with Gasteiger partial charge < -0.3 is 4.74 Å². The average molecular weight is 479 g/mol. The van der Waals surface area contributed by atoms with E-state index in [9.17, 15) is 18.0 Å². The van der Waals surface area contributed by atoms with Gasteiger partial charge in [0.15, 0.2) is 6.73 Å². The topological polar surface area (TPSA) is 120 Å². The van der Waals surface area contributed by atoms with Crippen LogP contribution in [-0.4, -0.2) is 29.4 Å². The molecule has 34 heavy (non-hydrogen) atoms. The van der Waals surface area contributed by atoms with Crippen molar-refractivity contribution >= 4 is 32.6 Å². The van der Waals surface area contributed by atoms with Gasteiger partial charge in [0.1, 0.15) is 5.52 Å². The molecule has 0 aliphatic rings. The van der Waals surface area contributed by atoms with Crippen LogP contribution in [0.3, 0.4) is 0 Å². The van der Waals surface area contributed by atoms with E-state index in [1.54, 1.807) is 62.4 Å². The number of ether oxygens (including phenoxy) is 1. The van der Waals surface area contributed by atoms with Crippen LogP contribution in [-0.2, 0) is 21.5 Å². The molecule has 1 N–H and O–H groups in total. The highest BCUT2D eigenvalue weighted by Gasteiger charge is 2.23. The molecule has 1 heterocycles. The van der Waals surface area contributed by atoms with Crippen molar-refractivity contribution in [3.8, 4) is 0 Å². The van der Waals surface area contributed by atoms with E-state index >= 15 is 0 Å². The van der Waals surface area contributed by atoms with Gasteiger partial charge in [-0.15, -0.1) is 5.10 Å². The molecule has 0 fully saturated rings. The van der Waals surface area contributed by atoms with Crippen LogP contribution in [0.25, 0.3) is 10.9 Å². The SMILES string of the molecule is Cc1cc(C)c(S(=O)(=O)Nc2ccccc2C(=O)OCn2nnc3ccccc3c2=O)c(C)c1. The number of esters is 1. The third kappa shape index (κ3) is 4.53. The molecule has 0 saturated carbocycles. The molecule has 3 aromatic carbocycles. The van der Waals surface area contributed by atoms with Gasteiger partial charge in [0.2, 0.25) is 0 Å². The molecule has 0 unspecified atom stereocenters. The Morgan fingerprint density at radius 3 is 2.38 bits per heavy atom. The van der Waals surface area contributed by atoms with Crippen molar-refractivity contribution < 1.29 is 17.9 Å². The highest BCUT2D eigenvalue weighted by Crippen LogP contribution is 2.26. The fraction of sp³-hybridized carbons (Fsp3) is 0.167. The van der Waals surface area contributed by atoms with Gasteiger partial charge in [-0.25, -0.2) is 13.2 Å². The molecule has 4 rings (SSSR count). The Labute approximate surface area is 196 Å². The van der Waals surface area contributed by atoms with Gasteiger partial charge in [0.25, 0.3) is 15.6 Å². The summed E-state index contributed by atoms with van der Waals surface area (Å²) in [6, 6.07) is 16.3. The summed E-state index contributed by atoms with van der Waals surface area (Å²) in [7, 11) is -3.98. The number of hydrogen-bond acceptors (Lipinski definition) is 7. The second kappa shape index (κ2) is 9.06. The first kappa shape index (κ1) is 23.1. The summed E-state index contributed by atoms with van der Waals surface area (Å²) in [6.07, 6.45) is 0. The molecular weight excluding hydrogens is 456 g/mol. The fourth-order valence-corrected chi connectivity index (χ4v) is 5.38. The molecule has 0 atom stereocenters. The maximum absolute atomic E-state index is 13.2. The number of fused-ring (bicyclic) bond motifs is 1. The molecule has 4 aromatic rings. The van der Waals surface area contributed by atoms with E-state index in [1.807, 2.05) is 6.92 Å². The first-order valence-corrected chi connectivity index (χ1v) is 11.8. The lowest BCUT2D eigenvalue weighted by atomic mass is 10.1. The zero-order valence-electron chi connectivity index (χ0n) is 18.8. The summed E-state index contributed by atoms with van der Waals surface area (Å²) in [5, 5.41) is 8.07. The smallest absolute Gasteiger partial charge is 0.342 e. The number of carbonyl (C=O) groups excluding carboxylic acids is 1. The molecule has 0 spiro atoms. The number of hydrogen-bond donors (Lipinski definition) is 1. The van der Waals surface area contributed by atoms with Gasteiger partial charge in [0.05, 0.1) is 21.5 Å². The quantitative estimate of drug-likeness (QED) is 0.422. The van der Waals surface area contributed by atoms with Gasteiger partial charge >= 0.3 is 5.97 Å². The number of carbonyl (C=O) groups is 1. The Bertz CT molecular complexity index is 1560. The summed E-state index contributed by atoms with van der Waals surface area (Å²) in [5.74, 6) is -0.822. The van der Waals surface area contributed by atoms with Crippen LogP contribution in [0.5, 0.6) is 0 Å². The Morgan fingerprint density at radius 2 is 1.65 bits per heavy atom. The number of nitrogens with zero attached hydrogens (tertiary/aromatic N) is 3. The van der Waals surface area contributed by atoms with Gasteiger partial charge in [0, 0.05) is 0 Å². The molecule has 0 bridgehead atoms. The van der Waals surface area contributed by atoms with Crippen LogP contribution in [0.1, 0.15) is 27.0 Å². The molecule has 10 heteroatoms. The number of anilines is 1. The number of aromatic nitrogens is 3. The van der Waals surface area contributed by atoms with Crippen LogP contribution in [0.4, 0.5) is 5.69 Å². The molecule has 0 amide bonds. The number of nitrogens with one attached hydrogen (secondary N) is 1. The lowest BCUT2D eigenvalue weighted by Crippen LogP contribution is -2.27. The van der Waals surface area contributed by atoms with Crippen molar-refractivity contribution in [2.75, 3.05) is 4.72 Å². The zero-order valence-corrected chi connectivity index (χ0v) is 19.6. The fourth-order valence-electron chi connectivity index (χ4n) is 3.84. The van der Waals surface area contributed by atoms with Crippen LogP contribution in [0.2, 0.25) is 0 Å². The van der Waals surface area contributed by atoms with E-state index in [0.717, 1.165) is 10.2 Å². The van der Waals surface area contributed by atoms with Crippen LogP contribution in [0, 0.1) is 20.8 Å². The summed E-state index contributed by atoms with van der Waals surface area (Å²) in [6.45, 7) is 4.85. The minimum absolute atomic E-state index is 0.00436. The van der Waals surface area contributed by atoms with Gasteiger partial charge in [-0.1, -0.05) is 47.2 Å². The number of rotatable bonds is 6. The molecular formula is C24H22N4O5S. The minimum Gasteiger partial charge on any atom is -0.438 e. The molecule has 0 aliphatic carbocycles. The van der Waals surface area contributed by atoms with Crippen molar-refractivity contribution in [2.45, 2.75) is 32.4 Å². The second-order valence-corrected chi connectivity index (χ2v) is 9.47. The number of para-hydroxylation sites is 1. The van der Waals surface area contributed by atoms with Crippen LogP contribution >= 0.6 is 0 Å². The normalized spacial score (nSPS) is 11.4. The Morgan fingerprint density at radius 1 is 1.00 bits per heavy atom. The van der Waals surface area contributed by atoms with Gasteiger partial charge in [-0.2, -0.15) is 4.68 Å². The first-order valence-electron chi connectivity index (χ1n) is 10.4. The highest BCUT2D eigenvalue weighted by molar-refractivity contribution is 7.92. The zero-order chi connectivity index (χ0) is 24.5. The summed E-state index contributed by atoms with van der Waals surface area (Å²) < 4.78 is 35.0. The minimum atomic E-state index is -3.98. The van der Waals surface area contributed by atoms with Crippen molar-refractivity contribution in [1.29, 1.82) is 0 Å². The molecule has 174 valence electrons. The van der Waals surface area contributed by atoms with E-state index in [2.05, 4.69) is 15.0 Å². The van der Waals surface area contributed by atoms with E-state index in [4.69, 9.17) is 4.74 Å². The third-order valence-corrected chi connectivity index (χ3v) is 6.88. The second-order valence-electron chi connectivity index (χ2n) is 7.85. The largest absolute Gasteiger partial charge is 0.438 e. The first-order chi connectivity index (χ1) is 16.2. The summed E-state index contributed by atoms with van der Waals surface area (Å²) >= 11 is 0. The Balaban J connectivity index is 1.59. The van der Waals surface area contributed by atoms with Crippen molar-refractivity contribution in [1.82, 2.24) is 15.0 Å². The summed E-state index contributed by atoms with van der Waals surface area (Å²) in [5.41, 5.74) is 2.16. The Hall–Kier alpha value is -4.05. The highest BCUT2D eigenvalue weighted by atomic mass is 32.2. The molecule has 0 saturated heterocycles. The van der Waals surface area contributed by atoms with E-state index < -0.39 is 28.3 Å². The predicted octanol–water partition coefficient (Wildman–Crippen LogP) is 3.33. The maximum Gasteiger partial charge on any atom is 0.342 e. The van der Waals surface area contributed by atoms with Gasteiger partial charge in [-0.3, -0.25) is 9.52 Å².